The molecule has 0 saturated carbocycles. The average Bonchev–Trinajstić information content (AvgIpc) is 2.42. The van der Waals surface area contributed by atoms with Gasteiger partial charge < -0.3 is 16.0 Å². The summed E-state index contributed by atoms with van der Waals surface area (Å²) in [6.45, 7) is 5.62. The van der Waals surface area contributed by atoms with E-state index in [9.17, 15) is 14.4 Å². The number of primary amides is 1. The predicted octanol–water partition coefficient (Wildman–Crippen LogP) is 1.17. The highest BCUT2D eigenvalue weighted by molar-refractivity contribution is 5.95. The van der Waals surface area contributed by atoms with Gasteiger partial charge in [-0.25, -0.2) is 0 Å². The molecule has 0 aliphatic heterocycles. The summed E-state index contributed by atoms with van der Waals surface area (Å²) in [5.41, 5.74) is 5.99. The van der Waals surface area contributed by atoms with Crippen molar-refractivity contribution in [2.24, 2.45) is 5.73 Å². The molecule has 0 aliphatic rings. The average molecular weight is 317 g/mol. The molecule has 0 fully saturated rings. The first-order chi connectivity index (χ1) is 10.6. The summed E-state index contributed by atoms with van der Waals surface area (Å²) in [6.07, 6.45) is 2.99. The zero-order valence-corrected chi connectivity index (χ0v) is 13.9. The Hall–Kier alpha value is -2.63. The van der Waals surface area contributed by atoms with E-state index in [-0.39, 0.29) is 23.9 Å². The van der Waals surface area contributed by atoms with Crippen LogP contribution in [0.15, 0.2) is 30.3 Å². The second-order valence-corrected chi connectivity index (χ2v) is 6.31. The molecule has 0 radical (unpaired) electrons. The summed E-state index contributed by atoms with van der Waals surface area (Å²) in [5.74, 6) is -0.998. The molecular weight excluding hydrogens is 294 g/mol. The Morgan fingerprint density at radius 1 is 1.17 bits per heavy atom. The van der Waals surface area contributed by atoms with Crippen LogP contribution in [0.25, 0.3) is 6.08 Å². The molecule has 0 atom stereocenters. The molecule has 0 aromatic heterocycles. The van der Waals surface area contributed by atoms with Crippen LogP contribution in [0.4, 0.5) is 0 Å². The van der Waals surface area contributed by atoms with Gasteiger partial charge in [0.2, 0.25) is 17.7 Å². The lowest BCUT2D eigenvalue weighted by Crippen LogP contribution is -2.46. The second kappa shape index (κ2) is 7.58. The Bertz CT molecular complexity index is 613. The van der Waals surface area contributed by atoms with Crippen LogP contribution in [0.2, 0.25) is 0 Å². The van der Waals surface area contributed by atoms with Gasteiger partial charge in [0, 0.05) is 24.2 Å². The zero-order chi connectivity index (χ0) is 17.6. The topological polar surface area (TPSA) is 92.5 Å². The van der Waals surface area contributed by atoms with Gasteiger partial charge in [-0.15, -0.1) is 0 Å². The number of nitrogens with two attached hydrogens (primary N) is 1. The monoisotopic (exact) mass is 317 g/mol. The zero-order valence-electron chi connectivity index (χ0n) is 13.9. The van der Waals surface area contributed by atoms with E-state index in [1.54, 1.807) is 37.4 Å². The lowest BCUT2D eigenvalue weighted by molar-refractivity contribution is -0.131. The third-order valence-electron chi connectivity index (χ3n) is 2.88. The summed E-state index contributed by atoms with van der Waals surface area (Å²) >= 11 is 0. The highest BCUT2D eigenvalue weighted by Crippen LogP contribution is 2.06. The van der Waals surface area contributed by atoms with E-state index in [1.807, 2.05) is 20.8 Å². The molecule has 3 N–H and O–H groups in total. The van der Waals surface area contributed by atoms with Crippen LogP contribution in [0, 0.1) is 0 Å². The first-order valence-corrected chi connectivity index (χ1v) is 7.22. The number of amides is 3. The van der Waals surface area contributed by atoms with Crippen LogP contribution in [0.1, 0.15) is 36.7 Å². The van der Waals surface area contributed by atoms with Gasteiger partial charge in [-0.05, 0) is 44.5 Å². The van der Waals surface area contributed by atoms with E-state index < -0.39 is 5.91 Å². The van der Waals surface area contributed by atoms with Crippen molar-refractivity contribution in [1.82, 2.24) is 10.2 Å². The minimum Gasteiger partial charge on any atom is -0.366 e. The molecule has 1 aromatic rings. The molecular formula is C17H23N3O3. The molecule has 0 aliphatic carbocycles. The van der Waals surface area contributed by atoms with Crippen molar-refractivity contribution >= 4 is 23.8 Å². The molecule has 1 rings (SSSR count). The molecule has 0 bridgehead atoms. The Labute approximate surface area is 136 Å². The van der Waals surface area contributed by atoms with Crippen molar-refractivity contribution in [2.45, 2.75) is 26.3 Å². The highest BCUT2D eigenvalue weighted by atomic mass is 16.2. The van der Waals surface area contributed by atoms with E-state index >= 15 is 0 Å². The largest absolute Gasteiger partial charge is 0.366 e. The van der Waals surface area contributed by atoms with Crippen LogP contribution < -0.4 is 11.1 Å². The summed E-state index contributed by atoms with van der Waals surface area (Å²) in [5, 5.41) is 2.79. The predicted molar refractivity (Wildman–Crippen MR) is 89.5 cm³/mol. The highest BCUT2D eigenvalue weighted by Gasteiger charge is 2.16. The van der Waals surface area contributed by atoms with E-state index in [2.05, 4.69) is 5.32 Å². The van der Waals surface area contributed by atoms with Gasteiger partial charge in [-0.3, -0.25) is 14.4 Å². The number of likely N-dealkylation sites (N-methyl/N-ethyl adjacent to an activating group) is 1. The van der Waals surface area contributed by atoms with Gasteiger partial charge in [-0.1, -0.05) is 12.1 Å². The molecule has 0 saturated heterocycles. The fourth-order valence-electron chi connectivity index (χ4n) is 1.80. The SMILES string of the molecule is CN(CC(=O)NC(C)(C)C)C(=O)/C=C/c1ccc(C(N)=O)cc1. The van der Waals surface area contributed by atoms with Crippen LogP contribution in [-0.4, -0.2) is 41.8 Å². The number of nitrogens with zero attached hydrogens (tertiary/aromatic N) is 1. The maximum absolute atomic E-state index is 12.0. The number of carbonyl (C=O) groups is 3. The van der Waals surface area contributed by atoms with Crippen LogP contribution in [0.3, 0.4) is 0 Å². The van der Waals surface area contributed by atoms with Crippen LogP contribution in [0.5, 0.6) is 0 Å². The van der Waals surface area contributed by atoms with Crippen molar-refractivity contribution in [3.8, 4) is 0 Å². The van der Waals surface area contributed by atoms with Gasteiger partial charge in [0.05, 0.1) is 6.54 Å². The molecule has 0 heterocycles. The molecule has 1 aromatic carbocycles. The standard InChI is InChI=1S/C17H23N3O3/c1-17(2,3)19-14(21)11-20(4)15(22)10-7-12-5-8-13(9-6-12)16(18)23/h5-10H,11H2,1-4H3,(H2,18,23)(H,19,21)/b10-7+. The first kappa shape index (κ1) is 18.4. The number of nitrogens with one attached hydrogen (secondary N) is 1. The number of rotatable bonds is 5. The minimum atomic E-state index is -0.499. The quantitative estimate of drug-likeness (QED) is 0.798. The van der Waals surface area contributed by atoms with Gasteiger partial charge in [-0.2, -0.15) is 0 Å². The molecule has 23 heavy (non-hydrogen) atoms. The number of carbonyl (C=O) groups excluding carboxylic acids is 3. The third-order valence-corrected chi connectivity index (χ3v) is 2.88. The molecule has 6 heteroatoms. The van der Waals surface area contributed by atoms with Crippen molar-refractivity contribution in [3.63, 3.8) is 0 Å². The normalized spacial score (nSPS) is 11.3. The number of hydrogen-bond acceptors (Lipinski definition) is 3. The van der Waals surface area contributed by atoms with E-state index in [4.69, 9.17) is 5.73 Å². The second-order valence-electron chi connectivity index (χ2n) is 6.31. The smallest absolute Gasteiger partial charge is 0.248 e. The lowest BCUT2D eigenvalue weighted by Gasteiger charge is -2.22. The summed E-state index contributed by atoms with van der Waals surface area (Å²) < 4.78 is 0. The third kappa shape index (κ3) is 6.78. The van der Waals surface area contributed by atoms with Gasteiger partial charge in [0.25, 0.3) is 0 Å². The Balaban J connectivity index is 2.60. The van der Waals surface area contributed by atoms with Crippen LogP contribution >= 0.6 is 0 Å². The Kier molecular flexibility index (Phi) is 6.07. The van der Waals surface area contributed by atoms with Crippen molar-refractivity contribution in [3.05, 3.63) is 41.5 Å². The fourth-order valence-corrected chi connectivity index (χ4v) is 1.80. The van der Waals surface area contributed by atoms with E-state index in [0.717, 1.165) is 5.56 Å². The molecule has 124 valence electrons. The number of benzene rings is 1. The fraction of sp³-hybridized carbons (Fsp3) is 0.353. The summed E-state index contributed by atoms with van der Waals surface area (Å²) in [7, 11) is 1.56. The van der Waals surface area contributed by atoms with Gasteiger partial charge in [0.15, 0.2) is 0 Å². The molecule has 0 spiro atoms. The summed E-state index contributed by atoms with van der Waals surface area (Å²) in [6, 6.07) is 6.56. The van der Waals surface area contributed by atoms with E-state index in [1.165, 1.54) is 11.0 Å². The molecule has 0 unspecified atom stereocenters. The molecule has 6 nitrogen and oxygen atoms in total. The maximum atomic E-state index is 12.0. The summed E-state index contributed by atoms with van der Waals surface area (Å²) in [4.78, 5) is 36.1. The lowest BCUT2D eigenvalue weighted by atomic mass is 10.1. The minimum absolute atomic E-state index is 0.0128. The van der Waals surface area contributed by atoms with Crippen molar-refractivity contribution < 1.29 is 14.4 Å². The van der Waals surface area contributed by atoms with E-state index in [0.29, 0.717) is 5.56 Å². The number of hydrogen-bond donors (Lipinski definition) is 2. The van der Waals surface area contributed by atoms with Gasteiger partial charge in [0.1, 0.15) is 0 Å². The maximum Gasteiger partial charge on any atom is 0.248 e. The first-order valence-electron chi connectivity index (χ1n) is 7.22. The Morgan fingerprint density at radius 2 is 1.74 bits per heavy atom. The Morgan fingerprint density at radius 3 is 2.22 bits per heavy atom. The van der Waals surface area contributed by atoms with Crippen LogP contribution in [-0.2, 0) is 9.59 Å². The van der Waals surface area contributed by atoms with Crippen molar-refractivity contribution in [2.75, 3.05) is 13.6 Å². The van der Waals surface area contributed by atoms with Gasteiger partial charge >= 0.3 is 0 Å². The molecule has 3 amide bonds. The van der Waals surface area contributed by atoms with Crippen molar-refractivity contribution in [1.29, 1.82) is 0 Å².